The Morgan fingerprint density at radius 2 is 2.20 bits per heavy atom. The summed E-state index contributed by atoms with van der Waals surface area (Å²) in [6.45, 7) is 8.23. The maximum atomic E-state index is 5.73. The zero-order chi connectivity index (χ0) is 11.3. The lowest BCUT2D eigenvalue weighted by Gasteiger charge is -2.11. The summed E-state index contributed by atoms with van der Waals surface area (Å²) in [7, 11) is 0. The molecule has 5 nitrogen and oxygen atoms in total. The standard InChI is InChI=1S/C9H19N5S/c1-4-11-5-6-15-9-13-12-8(10)14(9)7(2)3/h7,11H,4-6H2,1-3H3,(H2,10,12). The van der Waals surface area contributed by atoms with Crippen molar-refractivity contribution in [2.24, 2.45) is 0 Å². The molecule has 6 heteroatoms. The van der Waals surface area contributed by atoms with Gasteiger partial charge in [0.2, 0.25) is 5.95 Å². The van der Waals surface area contributed by atoms with Crippen LogP contribution in [0.4, 0.5) is 5.95 Å². The van der Waals surface area contributed by atoms with Crippen LogP contribution in [0.1, 0.15) is 26.8 Å². The number of nitrogens with two attached hydrogens (primary N) is 1. The largest absolute Gasteiger partial charge is 0.368 e. The molecule has 1 aromatic rings. The summed E-state index contributed by atoms with van der Waals surface area (Å²) in [4.78, 5) is 0. The minimum atomic E-state index is 0.307. The first-order valence-electron chi connectivity index (χ1n) is 5.20. The summed E-state index contributed by atoms with van der Waals surface area (Å²) in [6.07, 6.45) is 0. The monoisotopic (exact) mass is 229 g/mol. The number of hydrogen-bond acceptors (Lipinski definition) is 5. The molecular formula is C9H19N5S. The van der Waals surface area contributed by atoms with Crippen LogP contribution >= 0.6 is 11.8 Å². The van der Waals surface area contributed by atoms with Crippen molar-refractivity contribution in [3.8, 4) is 0 Å². The van der Waals surface area contributed by atoms with Gasteiger partial charge in [0, 0.05) is 18.3 Å². The third kappa shape index (κ3) is 3.39. The van der Waals surface area contributed by atoms with Crippen molar-refractivity contribution in [1.82, 2.24) is 20.1 Å². The number of nitrogens with one attached hydrogen (secondary N) is 1. The van der Waals surface area contributed by atoms with Crippen LogP contribution in [0.3, 0.4) is 0 Å². The van der Waals surface area contributed by atoms with Gasteiger partial charge in [-0.15, -0.1) is 10.2 Å². The summed E-state index contributed by atoms with van der Waals surface area (Å²) >= 11 is 1.68. The maximum absolute atomic E-state index is 5.73. The predicted octanol–water partition coefficient (Wildman–Crippen LogP) is 1.14. The van der Waals surface area contributed by atoms with E-state index in [4.69, 9.17) is 5.73 Å². The Bertz CT molecular complexity index is 297. The first-order valence-corrected chi connectivity index (χ1v) is 6.19. The van der Waals surface area contributed by atoms with E-state index in [2.05, 4.69) is 36.3 Å². The van der Waals surface area contributed by atoms with Crippen LogP contribution in [-0.4, -0.2) is 33.6 Å². The van der Waals surface area contributed by atoms with Crippen molar-refractivity contribution in [2.45, 2.75) is 32.0 Å². The summed E-state index contributed by atoms with van der Waals surface area (Å²) in [5.41, 5.74) is 5.73. The Hall–Kier alpha value is -0.750. The zero-order valence-corrected chi connectivity index (χ0v) is 10.3. The molecular weight excluding hydrogens is 210 g/mol. The Labute approximate surface area is 94.8 Å². The second kappa shape index (κ2) is 5.97. The molecule has 1 rings (SSSR count). The highest BCUT2D eigenvalue weighted by molar-refractivity contribution is 7.99. The molecule has 0 aliphatic heterocycles. The van der Waals surface area contributed by atoms with E-state index in [0.717, 1.165) is 24.0 Å². The van der Waals surface area contributed by atoms with Gasteiger partial charge >= 0.3 is 0 Å². The fourth-order valence-electron chi connectivity index (χ4n) is 1.26. The molecule has 0 aliphatic rings. The summed E-state index contributed by atoms with van der Waals surface area (Å²) in [5, 5.41) is 12.1. The second-order valence-corrected chi connectivity index (χ2v) is 4.57. The third-order valence-corrected chi connectivity index (χ3v) is 2.91. The zero-order valence-electron chi connectivity index (χ0n) is 9.53. The van der Waals surface area contributed by atoms with Crippen LogP contribution in [0.2, 0.25) is 0 Å². The minimum absolute atomic E-state index is 0.307. The van der Waals surface area contributed by atoms with Crippen molar-refractivity contribution < 1.29 is 0 Å². The Kier molecular flexibility index (Phi) is 4.90. The molecule has 3 N–H and O–H groups in total. The Balaban J connectivity index is 2.53. The van der Waals surface area contributed by atoms with Gasteiger partial charge in [-0.05, 0) is 20.4 Å². The number of nitrogens with zero attached hydrogens (tertiary/aromatic N) is 3. The number of rotatable bonds is 6. The molecule has 1 heterocycles. The quantitative estimate of drug-likeness (QED) is 0.565. The molecule has 0 aromatic carbocycles. The van der Waals surface area contributed by atoms with Gasteiger partial charge in [0.1, 0.15) is 0 Å². The second-order valence-electron chi connectivity index (χ2n) is 3.51. The van der Waals surface area contributed by atoms with E-state index in [1.807, 2.05) is 4.57 Å². The van der Waals surface area contributed by atoms with Gasteiger partial charge in [0.05, 0.1) is 0 Å². The van der Waals surface area contributed by atoms with Crippen LogP contribution in [0.25, 0.3) is 0 Å². The van der Waals surface area contributed by atoms with Gasteiger partial charge in [-0.3, -0.25) is 4.57 Å². The number of hydrogen-bond donors (Lipinski definition) is 2. The van der Waals surface area contributed by atoms with Crippen molar-refractivity contribution >= 4 is 17.7 Å². The lowest BCUT2D eigenvalue weighted by molar-refractivity contribution is 0.557. The van der Waals surface area contributed by atoms with Crippen molar-refractivity contribution in [1.29, 1.82) is 0 Å². The summed E-state index contributed by atoms with van der Waals surface area (Å²) < 4.78 is 1.95. The van der Waals surface area contributed by atoms with E-state index in [9.17, 15) is 0 Å². The minimum Gasteiger partial charge on any atom is -0.368 e. The van der Waals surface area contributed by atoms with E-state index in [1.165, 1.54) is 0 Å². The first-order chi connectivity index (χ1) is 7.16. The number of nitrogen functional groups attached to an aromatic ring is 1. The SMILES string of the molecule is CCNCCSc1nnc(N)n1C(C)C. The average Bonchev–Trinajstić information content (AvgIpc) is 2.54. The third-order valence-electron chi connectivity index (χ3n) is 1.97. The Morgan fingerprint density at radius 1 is 1.47 bits per heavy atom. The molecule has 0 bridgehead atoms. The smallest absolute Gasteiger partial charge is 0.222 e. The summed E-state index contributed by atoms with van der Waals surface area (Å²) in [5.74, 6) is 1.48. The molecule has 0 aliphatic carbocycles. The van der Waals surface area contributed by atoms with E-state index in [1.54, 1.807) is 11.8 Å². The van der Waals surface area contributed by atoms with E-state index in [-0.39, 0.29) is 0 Å². The van der Waals surface area contributed by atoms with Crippen LogP contribution in [-0.2, 0) is 0 Å². The predicted molar refractivity (Wildman–Crippen MR) is 64.1 cm³/mol. The van der Waals surface area contributed by atoms with Crippen molar-refractivity contribution in [3.63, 3.8) is 0 Å². The molecule has 0 saturated carbocycles. The molecule has 15 heavy (non-hydrogen) atoms. The van der Waals surface area contributed by atoms with Gasteiger partial charge in [0.15, 0.2) is 5.16 Å². The van der Waals surface area contributed by atoms with Gasteiger partial charge in [-0.25, -0.2) is 0 Å². The lowest BCUT2D eigenvalue weighted by Crippen LogP contribution is -2.16. The van der Waals surface area contributed by atoms with Gasteiger partial charge in [-0.2, -0.15) is 0 Å². The molecule has 0 fully saturated rings. The van der Waals surface area contributed by atoms with Crippen molar-refractivity contribution in [2.75, 3.05) is 24.6 Å². The number of anilines is 1. The average molecular weight is 229 g/mol. The van der Waals surface area contributed by atoms with E-state index >= 15 is 0 Å². The fraction of sp³-hybridized carbons (Fsp3) is 0.778. The van der Waals surface area contributed by atoms with Crippen LogP contribution in [0, 0.1) is 0 Å². The molecule has 1 aromatic heterocycles. The fourth-order valence-corrected chi connectivity index (χ4v) is 2.23. The molecule has 86 valence electrons. The highest BCUT2D eigenvalue weighted by atomic mass is 32.2. The van der Waals surface area contributed by atoms with Gasteiger partial charge < -0.3 is 11.1 Å². The Morgan fingerprint density at radius 3 is 2.80 bits per heavy atom. The number of aromatic nitrogens is 3. The molecule has 0 amide bonds. The topological polar surface area (TPSA) is 68.8 Å². The van der Waals surface area contributed by atoms with E-state index in [0.29, 0.717) is 12.0 Å². The van der Waals surface area contributed by atoms with Crippen LogP contribution in [0.5, 0.6) is 0 Å². The molecule has 0 unspecified atom stereocenters. The molecule has 0 spiro atoms. The molecule has 0 radical (unpaired) electrons. The number of thioether (sulfide) groups is 1. The maximum Gasteiger partial charge on any atom is 0.222 e. The highest BCUT2D eigenvalue weighted by Crippen LogP contribution is 2.21. The highest BCUT2D eigenvalue weighted by Gasteiger charge is 2.11. The van der Waals surface area contributed by atoms with Crippen LogP contribution < -0.4 is 11.1 Å². The summed E-state index contributed by atoms with van der Waals surface area (Å²) in [6, 6.07) is 0.307. The van der Waals surface area contributed by atoms with Gasteiger partial charge in [-0.1, -0.05) is 18.7 Å². The van der Waals surface area contributed by atoms with E-state index < -0.39 is 0 Å². The molecule has 0 atom stereocenters. The first kappa shape index (κ1) is 12.3. The lowest BCUT2D eigenvalue weighted by atomic mass is 10.4. The van der Waals surface area contributed by atoms with Crippen LogP contribution in [0.15, 0.2) is 5.16 Å². The normalized spacial score (nSPS) is 11.2. The van der Waals surface area contributed by atoms with Gasteiger partial charge in [0.25, 0.3) is 0 Å². The van der Waals surface area contributed by atoms with Crippen molar-refractivity contribution in [3.05, 3.63) is 0 Å². The molecule has 0 saturated heterocycles.